The van der Waals surface area contributed by atoms with Crippen molar-refractivity contribution in [3.8, 4) is 0 Å². The quantitative estimate of drug-likeness (QED) is 0.821. The first-order valence-electron chi connectivity index (χ1n) is 6.82. The van der Waals surface area contributed by atoms with Crippen LogP contribution in [0, 0.1) is 5.92 Å². The number of carbonyl (C=O) groups is 1. The molecule has 98 valence electrons. The van der Waals surface area contributed by atoms with Gasteiger partial charge in [0.1, 0.15) is 11.1 Å². The molecule has 0 bridgehead atoms. The average molecular weight is 265 g/mol. The molecule has 3 nitrogen and oxygen atoms in total. The van der Waals surface area contributed by atoms with Crippen molar-refractivity contribution >= 4 is 17.7 Å². The van der Waals surface area contributed by atoms with E-state index in [-0.39, 0.29) is 11.3 Å². The molecule has 1 atom stereocenters. The summed E-state index contributed by atoms with van der Waals surface area (Å²) in [6.45, 7) is 0.866. The molecule has 2 fully saturated rings. The summed E-state index contributed by atoms with van der Waals surface area (Å²) in [5.41, 5.74) is 0. The fourth-order valence-corrected chi connectivity index (χ4v) is 4.16. The van der Waals surface area contributed by atoms with Gasteiger partial charge in [-0.15, -0.1) is 11.8 Å². The van der Waals surface area contributed by atoms with Gasteiger partial charge < -0.3 is 9.32 Å². The van der Waals surface area contributed by atoms with Gasteiger partial charge in [-0.3, -0.25) is 4.79 Å². The lowest BCUT2D eigenvalue weighted by Gasteiger charge is -2.29. The van der Waals surface area contributed by atoms with Crippen molar-refractivity contribution in [2.45, 2.75) is 37.5 Å². The van der Waals surface area contributed by atoms with Gasteiger partial charge in [0, 0.05) is 18.2 Å². The molecule has 0 aromatic carbocycles. The van der Waals surface area contributed by atoms with Crippen LogP contribution in [0.2, 0.25) is 0 Å². The molecule has 4 heteroatoms. The van der Waals surface area contributed by atoms with Crippen molar-refractivity contribution in [1.82, 2.24) is 4.90 Å². The summed E-state index contributed by atoms with van der Waals surface area (Å²) in [7, 11) is 0. The van der Waals surface area contributed by atoms with Gasteiger partial charge in [-0.2, -0.15) is 0 Å². The number of hydrogen-bond acceptors (Lipinski definition) is 3. The SMILES string of the molecule is O=C(C1CCCCC1)N1CCSC1c1ccco1. The highest BCUT2D eigenvalue weighted by Gasteiger charge is 2.36. The molecule has 1 aliphatic carbocycles. The summed E-state index contributed by atoms with van der Waals surface area (Å²) in [5.74, 6) is 2.54. The van der Waals surface area contributed by atoms with E-state index >= 15 is 0 Å². The molecule has 3 rings (SSSR count). The second-order valence-corrected chi connectivity index (χ2v) is 6.29. The van der Waals surface area contributed by atoms with E-state index in [1.807, 2.05) is 28.8 Å². The van der Waals surface area contributed by atoms with Crippen LogP contribution in [0.1, 0.15) is 43.2 Å². The standard InChI is InChI=1S/C14H19NO2S/c16-13(11-5-2-1-3-6-11)15-8-10-18-14(15)12-7-4-9-17-12/h4,7,9,11,14H,1-3,5-6,8,10H2. The Morgan fingerprint density at radius 3 is 2.89 bits per heavy atom. The molecule has 0 spiro atoms. The van der Waals surface area contributed by atoms with Crippen LogP contribution in [0.25, 0.3) is 0 Å². The molecule has 18 heavy (non-hydrogen) atoms. The highest BCUT2D eigenvalue weighted by atomic mass is 32.2. The topological polar surface area (TPSA) is 33.5 Å². The van der Waals surface area contributed by atoms with Crippen molar-refractivity contribution < 1.29 is 9.21 Å². The summed E-state index contributed by atoms with van der Waals surface area (Å²) in [4.78, 5) is 14.6. The predicted octanol–water partition coefficient (Wildman–Crippen LogP) is 3.43. The molecule has 1 saturated heterocycles. The Bertz CT molecular complexity index is 398. The monoisotopic (exact) mass is 265 g/mol. The maximum atomic E-state index is 12.6. The number of rotatable bonds is 2. The zero-order valence-electron chi connectivity index (χ0n) is 10.5. The Kier molecular flexibility index (Phi) is 3.64. The zero-order chi connectivity index (χ0) is 12.4. The minimum atomic E-state index is 0.106. The number of hydrogen-bond donors (Lipinski definition) is 0. The third-order valence-electron chi connectivity index (χ3n) is 3.92. The Hall–Kier alpha value is -0.900. The maximum Gasteiger partial charge on any atom is 0.226 e. The highest BCUT2D eigenvalue weighted by molar-refractivity contribution is 7.99. The summed E-state index contributed by atoms with van der Waals surface area (Å²) in [6.07, 6.45) is 7.55. The minimum Gasteiger partial charge on any atom is -0.466 e. The number of furan rings is 1. The van der Waals surface area contributed by atoms with E-state index in [4.69, 9.17) is 4.42 Å². The smallest absolute Gasteiger partial charge is 0.226 e. The summed E-state index contributed by atoms with van der Waals surface area (Å²) < 4.78 is 5.47. The third kappa shape index (κ3) is 2.30. The molecule has 0 radical (unpaired) electrons. The van der Waals surface area contributed by atoms with Crippen molar-refractivity contribution in [1.29, 1.82) is 0 Å². The van der Waals surface area contributed by atoms with Gasteiger partial charge in [0.15, 0.2) is 0 Å². The average Bonchev–Trinajstić information content (AvgIpc) is 3.09. The Labute approximate surface area is 112 Å². The van der Waals surface area contributed by atoms with Gasteiger partial charge in [0.25, 0.3) is 0 Å². The van der Waals surface area contributed by atoms with Crippen LogP contribution < -0.4 is 0 Å². The largest absolute Gasteiger partial charge is 0.466 e. The first-order valence-corrected chi connectivity index (χ1v) is 7.86. The van der Waals surface area contributed by atoms with Crippen molar-refractivity contribution in [2.24, 2.45) is 5.92 Å². The molecule has 2 heterocycles. The van der Waals surface area contributed by atoms with E-state index in [1.165, 1.54) is 19.3 Å². The summed E-state index contributed by atoms with van der Waals surface area (Å²) in [6, 6.07) is 3.88. The van der Waals surface area contributed by atoms with Crippen LogP contribution in [0.5, 0.6) is 0 Å². The van der Waals surface area contributed by atoms with Gasteiger partial charge in [0.05, 0.1) is 6.26 Å². The van der Waals surface area contributed by atoms with Gasteiger partial charge in [-0.1, -0.05) is 19.3 Å². The Morgan fingerprint density at radius 2 is 2.17 bits per heavy atom. The normalized spacial score (nSPS) is 25.6. The van der Waals surface area contributed by atoms with Gasteiger partial charge in [0.2, 0.25) is 5.91 Å². The fraction of sp³-hybridized carbons (Fsp3) is 0.643. The van der Waals surface area contributed by atoms with Crippen LogP contribution in [0.4, 0.5) is 0 Å². The van der Waals surface area contributed by atoms with Gasteiger partial charge in [-0.05, 0) is 25.0 Å². The Morgan fingerprint density at radius 1 is 1.33 bits per heavy atom. The lowest BCUT2D eigenvalue weighted by Crippen LogP contribution is -2.36. The van der Waals surface area contributed by atoms with Gasteiger partial charge in [-0.25, -0.2) is 0 Å². The molecule has 1 aromatic heterocycles. The van der Waals surface area contributed by atoms with E-state index in [9.17, 15) is 4.79 Å². The molecule has 1 unspecified atom stereocenters. The van der Waals surface area contributed by atoms with E-state index in [0.717, 1.165) is 30.9 Å². The molecular formula is C14H19NO2S. The fourth-order valence-electron chi connectivity index (χ4n) is 2.95. The molecule has 1 amide bonds. The van der Waals surface area contributed by atoms with Crippen LogP contribution in [0.15, 0.2) is 22.8 Å². The van der Waals surface area contributed by atoms with E-state index in [2.05, 4.69) is 0 Å². The lowest BCUT2D eigenvalue weighted by molar-refractivity contribution is -0.136. The van der Waals surface area contributed by atoms with Crippen LogP contribution >= 0.6 is 11.8 Å². The van der Waals surface area contributed by atoms with E-state index in [0.29, 0.717) is 5.91 Å². The molecule has 1 aromatic rings. The molecule has 1 aliphatic heterocycles. The zero-order valence-corrected chi connectivity index (χ0v) is 11.3. The van der Waals surface area contributed by atoms with Crippen LogP contribution in [-0.4, -0.2) is 23.1 Å². The van der Waals surface area contributed by atoms with Crippen LogP contribution in [0.3, 0.4) is 0 Å². The second kappa shape index (κ2) is 5.39. The molecular weight excluding hydrogens is 246 g/mol. The molecule has 1 saturated carbocycles. The maximum absolute atomic E-state index is 12.6. The van der Waals surface area contributed by atoms with E-state index < -0.39 is 0 Å². The van der Waals surface area contributed by atoms with E-state index in [1.54, 1.807) is 6.26 Å². The van der Waals surface area contributed by atoms with Crippen molar-refractivity contribution in [2.75, 3.05) is 12.3 Å². The third-order valence-corrected chi connectivity index (χ3v) is 5.14. The minimum absolute atomic E-state index is 0.106. The first-order chi connectivity index (χ1) is 8.86. The number of nitrogens with zero attached hydrogens (tertiary/aromatic N) is 1. The number of carbonyl (C=O) groups excluding carboxylic acids is 1. The van der Waals surface area contributed by atoms with Gasteiger partial charge >= 0.3 is 0 Å². The number of amides is 1. The predicted molar refractivity (Wildman–Crippen MR) is 72.2 cm³/mol. The second-order valence-electron chi connectivity index (χ2n) is 5.11. The number of thioether (sulfide) groups is 1. The molecule has 2 aliphatic rings. The summed E-state index contributed by atoms with van der Waals surface area (Å²) in [5, 5.41) is 0.106. The Balaban J connectivity index is 1.72. The highest BCUT2D eigenvalue weighted by Crippen LogP contribution is 2.40. The lowest BCUT2D eigenvalue weighted by atomic mass is 9.88. The molecule has 0 N–H and O–H groups in total. The van der Waals surface area contributed by atoms with Crippen LogP contribution in [-0.2, 0) is 4.79 Å². The summed E-state index contributed by atoms with van der Waals surface area (Å²) >= 11 is 1.81. The first kappa shape index (κ1) is 12.2. The van der Waals surface area contributed by atoms with Crippen molar-refractivity contribution in [3.63, 3.8) is 0 Å². The van der Waals surface area contributed by atoms with Crippen molar-refractivity contribution in [3.05, 3.63) is 24.2 Å².